The third-order valence-electron chi connectivity index (χ3n) is 0.412. The summed E-state index contributed by atoms with van der Waals surface area (Å²) in [5.74, 6) is -0.875. The fourth-order valence-corrected chi connectivity index (χ4v) is 0.247. The van der Waals surface area contributed by atoms with E-state index in [9.17, 15) is 4.79 Å². The van der Waals surface area contributed by atoms with Crippen molar-refractivity contribution in [1.29, 1.82) is 0 Å². The molecule has 0 saturated carbocycles. The van der Waals surface area contributed by atoms with E-state index in [1.54, 1.807) is 13.8 Å². The molecule has 3 nitrogen and oxygen atoms in total. The first-order valence-corrected chi connectivity index (χ1v) is 2.01. The molecule has 48 valence electrons. The minimum Gasteiger partial charge on any atom is -0.478 e. The molecule has 0 atom stereocenters. The largest absolute Gasteiger partial charge is 0.478 e. The molecular formula is C5H10O3. The summed E-state index contributed by atoms with van der Waals surface area (Å²) in [4.78, 5) is 9.73. The van der Waals surface area contributed by atoms with Crippen LogP contribution in [0.15, 0.2) is 11.6 Å². The SMILES string of the molecule is CC(C)=CC(=O)O.O. The van der Waals surface area contributed by atoms with Crippen LogP contribution in [0.25, 0.3) is 0 Å². The van der Waals surface area contributed by atoms with Crippen molar-refractivity contribution < 1.29 is 15.4 Å². The summed E-state index contributed by atoms with van der Waals surface area (Å²) >= 11 is 0. The van der Waals surface area contributed by atoms with Crippen LogP contribution in [0.4, 0.5) is 0 Å². The Morgan fingerprint density at radius 2 is 1.88 bits per heavy atom. The van der Waals surface area contributed by atoms with Gasteiger partial charge in [-0.25, -0.2) is 4.79 Å². The molecule has 3 N–H and O–H groups in total. The molecule has 0 fully saturated rings. The molecule has 0 aromatic carbocycles. The van der Waals surface area contributed by atoms with Gasteiger partial charge in [0.25, 0.3) is 0 Å². The standard InChI is InChI=1S/C5H8O2.H2O/c1-4(2)3-5(6)7;/h3H,1-2H3,(H,6,7);1H2. The second-order valence-electron chi connectivity index (χ2n) is 1.56. The molecule has 0 aliphatic carbocycles. The molecule has 0 aliphatic rings. The smallest absolute Gasteiger partial charge is 0.328 e. The fourth-order valence-electron chi connectivity index (χ4n) is 0.247. The number of rotatable bonds is 1. The van der Waals surface area contributed by atoms with E-state index in [0.29, 0.717) is 0 Å². The first kappa shape index (κ1) is 10.2. The Morgan fingerprint density at radius 1 is 1.50 bits per heavy atom. The average Bonchev–Trinajstić information content (AvgIpc) is 1.27. The topological polar surface area (TPSA) is 68.8 Å². The molecule has 0 aliphatic heterocycles. The van der Waals surface area contributed by atoms with Gasteiger partial charge < -0.3 is 10.6 Å². The Labute approximate surface area is 47.9 Å². The number of carbonyl (C=O) groups is 1. The minimum atomic E-state index is -0.875. The summed E-state index contributed by atoms with van der Waals surface area (Å²) in [5, 5.41) is 8.01. The van der Waals surface area contributed by atoms with Crippen molar-refractivity contribution in [3.63, 3.8) is 0 Å². The summed E-state index contributed by atoms with van der Waals surface area (Å²) < 4.78 is 0. The lowest BCUT2D eigenvalue weighted by Crippen LogP contribution is -1.86. The summed E-state index contributed by atoms with van der Waals surface area (Å²) in [6.45, 7) is 3.49. The van der Waals surface area contributed by atoms with Crippen LogP contribution in [0.5, 0.6) is 0 Å². The lowest BCUT2D eigenvalue weighted by molar-refractivity contribution is -0.131. The molecule has 0 rings (SSSR count). The van der Waals surface area contributed by atoms with Gasteiger partial charge in [-0.15, -0.1) is 0 Å². The Kier molecular flexibility index (Phi) is 5.53. The summed E-state index contributed by atoms with van der Waals surface area (Å²) in [6, 6.07) is 0. The van der Waals surface area contributed by atoms with Gasteiger partial charge in [-0.05, 0) is 13.8 Å². The van der Waals surface area contributed by atoms with Crippen LogP contribution >= 0.6 is 0 Å². The molecule has 0 heterocycles. The number of carboxylic acids is 1. The Balaban J connectivity index is 0. The zero-order chi connectivity index (χ0) is 5.86. The highest BCUT2D eigenvalue weighted by molar-refractivity contribution is 5.80. The van der Waals surface area contributed by atoms with E-state index in [4.69, 9.17) is 5.11 Å². The van der Waals surface area contributed by atoms with E-state index in [-0.39, 0.29) is 5.48 Å². The maximum absolute atomic E-state index is 9.73. The van der Waals surface area contributed by atoms with Gasteiger partial charge in [0.2, 0.25) is 0 Å². The van der Waals surface area contributed by atoms with E-state index in [2.05, 4.69) is 0 Å². The van der Waals surface area contributed by atoms with Crippen molar-refractivity contribution in [1.82, 2.24) is 0 Å². The van der Waals surface area contributed by atoms with Gasteiger partial charge in [0, 0.05) is 6.08 Å². The quantitative estimate of drug-likeness (QED) is 0.500. The molecule has 0 unspecified atom stereocenters. The van der Waals surface area contributed by atoms with E-state index in [1.807, 2.05) is 0 Å². The van der Waals surface area contributed by atoms with Crippen molar-refractivity contribution in [2.75, 3.05) is 0 Å². The molecule has 0 spiro atoms. The number of hydrogen-bond acceptors (Lipinski definition) is 1. The summed E-state index contributed by atoms with van der Waals surface area (Å²) in [6.07, 6.45) is 1.17. The van der Waals surface area contributed by atoms with Gasteiger partial charge >= 0.3 is 5.97 Å². The van der Waals surface area contributed by atoms with Gasteiger partial charge in [-0.1, -0.05) is 5.57 Å². The Hall–Kier alpha value is -0.830. The van der Waals surface area contributed by atoms with Crippen molar-refractivity contribution in [2.45, 2.75) is 13.8 Å². The van der Waals surface area contributed by atoms with E-state index in [0.717, 1.165) is 5.57 Å². The van der Waals surface area contributed by atoms with E-state index in [1.165, 1.54) is 6.08 Å². The van der Waals surface area contributed by atoms with Crippen molar-refractivity contribution in [3.8, 4) is 0 Å². The molecule has 0 aromatic rings. The summed E-state index contributed by atoms with van der Waals surface area (Å²) in [5.41, 5.74) is 0.813. The molecule has 0 amide bonds. The zero-order valence-corrected chi connectivity index (χ0v) is 4.93. The predicted octanol–water partition coefficient (Wildman–Crippen LogP) is 0.213. The van der Waals surface area contributed by atoms with Crippen molar-refractivity contribution >= 4 is 5.97 Å². The third kappa shape index (κ3) is 8.95. The minimum absolute atomic E-state index is 0. The molecule has 0 aromatic heterocycles. The molecule has 0 bridgehead atoms. The van der Waals surface area contributed by atoms with E-state index < -0.39 is 5.97 Å². The maximum atomic E-state index is 9.73. The Bertz CT molecular complexity index is 100. The number of hydrogen-bond donors (Lipinski definition) is 1. The molecule has 8 heavy (non-hydrogen) atoms. The second kappa shape index (κ2) is 4.33. The third-order valence-corrected chi connectivity index (χ3v) is 0.412. The lowest BCUT2D eigenvalue weighted by atomic mass is 10.3. The van der Waals surface area contributed by atoms with Crippen LogP contribution in [0, 0.1) is 0 Å². The normalized spacial score (nSPS) is 6.75. The number of allylic oxidation sites excluding steroid dienone is 1. The monoisotopic (exact) mass is 118 g/mol. The lowest BCUT2D eigenvalue weighted by Gasteiger charge is -1.79. The van der Waals surface area contributed by atoms with Crippen LogP contribution in [-0.4, -0.2) is 16.6 Å². The summed E-state index contributed by atoms with van der Waals surface area (Å²) in [7, 11) is 0. The molecule has 3 heteroatoms. The van der Waals surface area contributed by atoms with Crippen LogP contribution in [0.3, 0.4) is 0 Å². The van der Waals surface area contributed by atoms with Crippen LogP contribution in [-0.2, 0) is 4.79 Å². The number of carboxylic acid groups (broad SMARTS) is 1. The van der Waals surface area contributed by atoms with Crippen LogP contribution in [0.1, 0.15) is 13.8 Å². The van der Waals surface area contributed by atoms with Gasteiger partial charge in [-0.2, -0.15) is 0 Å². The highest BCUT2D eigenvalue weighted by Gasteiger charge is 1.83. The van der Waals surface area contributed by atoms with E-state index >= 15 is 0 Å². The van der Waals surface area contributed by atoms with Crippen LogP contribution in [0.2, 0.25) is 0 Å². The molecular weight excluding hydrogens is 108 g/mol. The molecule has 0 radical (unpaired) electrons. The highest BCUT2D eigenvalue weighted by Crippen LogP contribution is 1.85. The first-order chi connectivity index (χ1) is 3.13. The van der Waals surface area contributed by atoms with Crippen molar-refractivity contribution in [3.05, 3.63) is 11.6 Å². The van der Waals surface area contributed by atoms with Crippen LogP contribution < -0.4 is 0 Å². The predicted molar refractivity (Wildman–Crippen MR) is 30.7 cm³/mol. The average molecular weight is 118 g/mol. The highest BCUT2D eigenvalue weighted by atomic mass is 16.4. The van der Waals surface area contributed by atoms with Gasteiger partial charge in [-0.3, -0.25) is 0 Å². The van der Waals surface area contributed by atoms with Gasteiger partial charge in [0.1, 0.15) is 0 Å². The number of aliphatic carboxylic acids is 1. The zero-order valence-electron chi connectivity index (χ0n) is 4.93. The maximum Gasteiger partial charge on any atom is 0.328 e. The fraction of sp³-hybridized carbons (Fsp3) is 0.400. The van der Waals surface area contributed by atoms with Gasteiger partial charge in [0.15, 0.2) is 0 Å². The second-order valence-corrected chi connectivity index (χ2v) is 1.56. The molecule has 0 saturated heterocycles. The van der Waals surface area contributed by atoms with Gasteiger partial charge in [0.05, 0.1) is 0 Å². The van der Waals surface area contributed by atoms with Crippen molar-refractivity contribution in [2.24, 2.45) is 0 Å². The first-order valence-electron chi connectivity index (χ1n) is 2.01. The Morgan fingerprint density at radius 3 is 1.88 bits per heavy atom.